The van der Waals surface area contributed by atoms with Gasteiger partial charge >= 0.3 is 0 Å². The van der Waals surface area contributed by atoms with E-state index in [1.54, 1.807) is 4.90 Å². The van der Waals surface area contributed by atoms with E-state index in [-0.39, 0.29) is 17.6 Å². The summed E-state index contributed by atoms with van der Waals surface area (Å²) in [5.74, 6) is 0.0290. The number of aromatic nitrogens is 1. The van der Waals surface area contributed by atoms with Gasteiger partial charge in [0.15, 0.2) is 10.3 Å². The van der Waals surface area contributed by atoms with Crippen molar-refractivity contribution in [2.75, 3.05) is 38.0 Å². The highest BCUT2D eigenvalue weighted by Crippen LogP contribution is 2.25. The molecule has 2 heterocycles. The lowest BCUT2D eigenvalue weighted by Crippen LogP contribution is -2.48. The van der Waals surface area contributed by atoms with Crippen molar-refractivity contribution in [1.82, 2.24) is 15.2 Å². The van der Waals surface area contributed by atoms with E-state index in [1.165, 1.54) is 0 Å². The van der Waals surface area contributed by atoms with Crippen LogP contribution in [0.3, 0.4) is 0 Å². The normalized spacial score (nSPS) is 15.2. The van der Waals surface area contributed by atoms with Crippen LogP contribution in [0.25, 0.3) is 0 Å². The van der Waals surface area contributed by atoms with E-state index in [1.807, 2.05) is 6.07 Å². The third-order valence-electron chi connectivity index (χ3n) is 2.55. The number of rotatable bonds is 3. The molecule has 0 aliphatic carbocycles. The summed E-state index contributed by atoms with van der Waals surface area (Å²) in [5.41, 5.74) is 0. The fraction of sp³-hybridized carbons (Fsp3) is 0.500. The molecule has 96 valence electrons. The van der Waals surface area contributed by atoms with E-state index in [2.05, 4.69) is 15.6 Å². The lowest BCUT2D eigenvalue weighted by atomic mass is 10.3. The predicted molar refractivity (Wildman–Crippen MR) is 69.8 cm³/mol. The predicted octanol–water partition coefficient (Wildman–Crippen LogP) is 0.512. The number of halogens is 1. The third kappa shape index (κ3) is 3.10. The first-order valence-corrected chi connectivity index (χ1v) is 6.69. The number of thiazole rings is 1. The van der Waals surface area contributed by atoms with Gasteiger partial charge in [0.25, 0.3) is 0 Å². The first-order chi connectivity index (χ1) is 8.70. The van der Waals surface area contributed by atoms with Gasteiger partial charge in [0.2, 0.25) is 5.91 Å². The van der Waals surface area contributed by atoms with Crippen molar-refractivity contribution in [3.63, 3.8) is 0 Å². The molecule has 0 unspecified atom stereocenters. The summed E-state index contributed by atoms with van der Waals surface area (Å²) in [6, 6.07) is 1.95. The Morgan fingerprint density at radius 1 is 1.61 bits per heavy atom. The second-order valence-electron chi connectivity index (χ2n) is 3.74. The van der Waals surface area contributed by atoms with Crippen molar-refractivity contribution >= 4 is 34.0 Å². The van der Waals surface area contributed by atoms with Gasteiger partial charge in [-0.05, 0) is 0 Å². The topological polar surface area (TPSA) is 81.0 Å². The van der Waals surface area contributed by atoms with E-state index >= 15 is 0 Å². The number of hydrogen-bond acceptors (Lipinski definition) is 6. The zero-order chi connectivity index (χ0) is 13.0. The number of nitriles is 1. The highest BCUT2D eigenvalue weighted by molar-refractivity contribution is 7.16. The van der Waals surface area contributed by atoms with Crippen LogP contribution in [0.2, 0.25) is 5.15 Å². The molecule has 0 bridgehead atoms. The van der Waals surface area contributed by atoms with Gasteiger partial charge in [-0.2, -0.15) is 5.26 Å². The molecule has 0 saturated carbocycles. The monoisotopic (exact) mass is 285 g/mol. The summed E-state index contributed by atoms with van der Waals surface area (Å²) in [6.07, 6.45) is 0. The number of nitrogens with zero attached hydrogens (tertiary/aromatic N) is 3. The van der Waals surface area contributed by atoms with Gasteiger partial charge in [-0.15, -0.1) is 0 Å². The number of carbonyl (C=O) groups is 1. The highest BCUT2D eigenvalue weighted by Gasteiger charge is 2.16. The first kappa shape index (κ1) is 13.1. The minimum atomic E-state index is 0.0290. The summed E-state index contributed by atoms with van der Waals surface area (Å²) in [6.45, 7) is 3.28. The van der Waals surface area contributed by atoms with E-state index in [4.69, 9.17) is 16.9 Å². The Hall–Kier alpha value is -1.36. The summed E-state index contributed by atoms with van der Waals surface area (Å²) < 4.78 is 0. The molecule has 1 aliphatic rings. The van der Waals surface area contributed by atoms with Crippen molar-refractivity contribution in [2.45, 2.75) is 0 Å². The number of nitrogens with one attached hydrogen (secondary N) is 2. The Bertz CT molecular complexity index is 477. The molecular formula is C10H12ClN5OS. The Kier molecular flexibility index (Phi) is 4.36. The Morgan fingerprint density at radius 3 is 2.94 bits per heavy atom. The van der Waals surface area contributed by atoms with Crippen molar-refractivity contribution in [3.8, 4) is 6.07 Å². The van der Waals surface area contributed by atoms with Crippen LogP contribution < -0.4 is 10.6 Å². The Balaban J connectivity index is 1.87. The van der Waals surface area contributed by atoms with E-state index in [0.29, 0.717) is 10.0 Å². The molecule has 0 radical (unpaired) electrons. The second kappa shape index (κ2) is 6.00. The van der Waals surface area contributed by atoms with Crippen LogP contribution in [0, 0.1) is 11.3 Å². The maximum atomic E-state index is 11.8. The van der Waals surface area contributed by atoms with Gasteiger partial charge in [-0.1, -0.05) is 22.9 Å². The molecule has 0 atom stereocenters. The molecule has 1 aromatic rings. The second-order valence-corrected chi connectivity index (χ2v) is 5.09. The molecule has 1 aliphatic heterocycles. The maximum absolute atomic E-state index is 11.8. The minimum absolute atomic E-state index is 0.0290. The molecule has 2 rings (SSSR count). The average molecular weight is 286 g/mol. The average Bonchev–Trinajstić information content (AvgIpc) is 2.77. The molecule has 1 fully saturated rings. The molecule has 0 spiro atoms. The van der Waals surface area contributed by atoms with E-state index in [0.717, 1.165) is 37.5 Å². The summed E-state index contributed by atoms with van der Waals surface area (Å²) in [4.78, 5) is 18.0. The minimum Gasteiger partial charge on any atom is -0.352 e. The summed E-state index contributed by atoms with van der Waals surface area (Å²) in [5, 5.41) is 15.5. The standard InChI is InChI=1S/C10H12ClN5OS/c11-9-7(5-12)18-10(15-9)14-6-8(17)16-3-1-13-2-4-16/h13H,1-4,6H2,(H,14,15). The van der Waals surface area contributed by atoms with Gasteiger partial charge in [0.1, 0.15) is 10.9 Å². The van der Waals surface area contributed by atoms with Crippen molar-refractivity contribution in [3.05, 3.63) is 10.0 Å². The number of piperazine rings is 1. The maximum Gasteiger partial charge on any atom is 0.242 e. The fourth-order valence-corrected chi connectivity index (χ4v) is 2.57. The number of anilines is 1. The van der Waals surface area contributed by atoms with Crippen LogP contribution in [0.4, 0.5) is 5.13 Å². The zero-order valence-electron chi connectivity index (χ0n) is 9.57. The van der Waals surface area contributed by atoms with Gasteiger partial charge in [0.05, 0.1) is 6.54 Å². The smallest absolute Gasteiger partial charge is 0.242 e. The number of hydrogen-bond donors (Lipinski definition) is 2. The molecule has 2 N–H and O–H groups in total. The van der Waals surface area contributed by atoms with Crippen LogP contribution in [-0.4, -0.2) is 48.5 Å². The summed E-state index contributed by atoms with van der Waals surface area (Å²) >= 11 is 6.89. The van der Waals surface area contributed by atoms with Gasteiger partial charge in [-0.25, -0.2) is 4.98 Å². The van der Waals surface area contributed by atoms with Crippen LogP contribution in [0.1, 0.15) is 4.88 Å². The van der Waals surface area contributed by atoms with Gasteiger partial charge < -0.3 is 15.5 Å². The largest absolute Gasteiger partial charge is 0.352 e. The molecule has 1 aromatic heterocycles. The first-order valence-electron chi connectivity index (χ1n) is 5.49. The fourth-order valence-electron chi connectivity index (χ4n) is 1.62. The van der Waals surface area contributed by atoms with Crippen LogP contribution in [0.15, 0.2) is 0 Å². The van der Waals surface area contributed by atoms with Crippen molar-refractivity contribution in [2.24, 2.45) is 0 Å². The highest BCUT2D eigenvalue weighted by atomic mass is 35.5. The Morgan fingerprint density at radius 2 is 2.33 bits per heavy atom. The van der Waals surface area contributed by atoms with Crippen molar-refractivity contribution < 1.29 is 4.79 Å². The molecule has 0 aromatic carbocycles. The molecule has 1 saturated heterocycles. The molecule has 6 nitrogen and oxygen atoms in total. The SMILES string of the molecule is N#Cc1sc(NCC(=O)N2CCNCC2)nc1Cl. The van der Waals surface area contributed by atoms with Crippen LogP contribution in [0.5, 0.6) is 0 Å². The lowest BCUT2D eigenvalue weighted by Gasteiger charge is -2.27. The summed E-state index contributed by atoms with van der Waals surface area (Å²) in [7, 11) is 0. The third-order valence-corrected chi connectivity index (χ3v) is 3.85. The van der Waals surface area contributed by atoms with E-state index < -0.39 is 0 Å². The van der Waals surface area contributed by atoms with Gasteiger partial charge in [0, 0.05) is 26.2 Å². The van der Waals surface area contributed by atoms with Gasteiger partial charge in [-0.3, -0.25) is 4.79 Å². The number of amides is 1. The molecule has 8 heteroatoms. The number of carbonyl (C=O) groups excluding carboxylic acids is 1. The molecular weight excluding hydrogens is 274 g/mol. The Labute approximate surface area is 114 Å². The lowest BCUT2D eigenvalue weighted by molar-refractivity contribution is -0.129. The van der Waals surface area contributed by atoms with Crippen molar-refractivity contribution in [1.29, 1.82) is 5.26 Å². The molecule has 18 heavy (non-hydrogen) atoms. The van der Waals surface area contributed by atoms with E-state index in [9.17, 15) is 4.79 Å². The molecule has 1 amide bonds. The van der Waals surface area contributed by atoms with Crippen LogP contribution >= 0.6 is 22.9 Å². The van der Waals surface area contributed by atoms with Crippen LogP contribution in [-0.2, 0) is 4.79 Å². The zero-order valence-corrected chi connectivity index (χ0v) is 11.1. The quantitative estimate of drug-likeness (QED) is 0.846.